The van der Waals surface area contributed by atoms with Crippen molar-refractivity contribution in [3.05, 3.63) is 68.5 Å². The van der Waals surface area contributed by atoms with Crippen molar-refractivity contribution in [1.82, 2.24) is 0 Å². The second kappa shape index (κ2) is 4.91. The van der Waals surface area contributed by atoms with Crippen LogP contribution in [0, 0.1) is 13.8 Å². The number of hydrogen-bond donors (Lipinski definition) is 0. The molecule has 0 bridgehead atoms. The number of benzene rings is 2. The van der Waals surface area contributed by atoms with Crippen LogP contribution in [0.15, 0.2) is 56.1 Å². The van der Waals surface area contributed by atoms with Crippen LogP contribution in [-0.4, -0.2) is 0 Å². The first kappa shape index (κ1) is 13.1. The average molecular weight is 329 g/mol. The van der Waals surface area contributed by atoms with Crippen molar-refractivity contribution in [2.75, 3.05) is 0 Å². The van der Waals surface area contributed by atoms with Gasteiger partial charge >= 0.3 is 0 Å². The van der Waals surface area contributed by atoms with Crippen LogP contribution in [0.25, 0.3) is 22.1 Å². The van der Waals surface area contributed by atoms with Gasteiger partial charge in [0, 0.05) is 4.47 Å². The maximum atomic E-state index is 12.8. The van der Waals surface area contributed by atoms with Gasteiger partial charge in [-0.15, -0.1) is 0 Å². The van der Waals surface area contributed by atoms with Crippen LogP contribution >= 0.6 is 15.9 Å². The van der Waals surface area contributed by atoms with Gasteiger partial charge in [0.05, 0.1) is 10.9 Å². The highest BCUT2D eigenvalue weighted by Gasteiger charge is 2.15. The van der Waals surface area contributed by atoms with E-state index in [0.717, 1.165) is 15.6 Å². The highest BCUT2D eigenvalue weighted by atomic mass is 79.9. The van der Waals surface area contributed by atoms with E-state index < -0.39 is 0 Å². The van der Waals surface area contributed by atoms with E-state index in [1.165, 1.54) is 0 Å². The Hall–Kier alpha value is -1.87. The summed E-state index contributed by atoms with van der Waals surface area (Å²) < 4.78 is 6.76. The van der Waals surface area contributed by atoms with Crippen LogP contribution in [0.5, 0.6) is 0 Å². The molecule has 0 saturated heterocycles. The van der Waals surface area contributed by atoms with Gasteiger partial charge in [0.25, 0.3) is 0 Å². The molecule has 0 aliphatic carbocycles. The summed E-state index contributed by atoms with van der Waals surface area (Å²) in [5.41, 5.74) is 3.09. The van der Waals surface area contributed by atoms with E-state index in [4.69, 9.17) is 4.42 Å². The van der Waals surface area contributed by atoms with E-state index in [1.54, 1.807) is 0 Å². The first-order chi connectivity index (χ1) is 9.59. The van der Waals surface area contributed by atoms with Crippen LogP contribution in [0.1, 0.15) is 11.3 Å². The fourth-order valence-corrected chi connectivity index (χ4v) is 2.80. The van der Waals surface area contributed by atoms with E-state index in [9.17, 15) is 4.79 Å². The molecule has 0 N–H and O–H groups in total. The van der Waals surface area contributed by atoms with Gasteiger partial charge in [-0.05, 0) is 37.1 Å². The third kappa shape index (κ3) is 1.98. The minimum atomic E-state index is 0.0220. The molecule has 0 saturated carbocycles. The SMILES string of the molecule is Cc1oc2ccc(Br)c(C)c2c(=O)c1-c1ccccc1. The largest absolute Gasteiger partial charge is 0.460 e. The molecule has 0 fully saturated rings. The highest BCUT2D eigenvalue weighted by Crippen LogP contribution is 2.28. The highest BCUT2D eigenvalue weighted by molar-refractivity contribution is 9.10. The fraction of sp³-hybridized carbons (Fsp3) is 0.118. The van der Waals surface area contributed by atoms with Gasteiger partial charge in [0.2, 0.25) is 5.43 Å². The van der Waals surface area contributed by atoms with Gasteiger partial charge in [-0.2, -0.15) is 0 Å². The Morgan fingerprint density at radius 2 is 1.70 bits per heavy atom. The van der Waals surface area contributed by atoms with Crippen LogP contribution in [0.4, 0.5) is 0 Å². The van der Waals surface area contributed by atoms with Gasteiger partial charge in [-0.3, -0.25) is 4.79 Å². The molecule has 0 aliphatic heterocycles. The lowest BCUT2D eigenvalue weighted by molar-refractivity contribution is 0.567. The van der Waals surface area contributed by atoms with Gasteiger partial charge < -0.3 is 4.42 Å². The Morgan fingerprint density at radius 3 is 2.40 bits per heavy atom. The smallest absolute Gasteiger partial charge is 0.201 e. The number of fused-ring (bicyclic) bond motifs is 1. The monoisotopic (exact) mass is 328 g/mol. The molecule has 0 unspecified atom stereocenters. The molecule has 3 rings (SSSR count). The van der Waals surface area contributed by atoms with E-state index >= 15 is 0 Å². The molecule has 1 heterocycles. The van der Waals surface area contributed by atoms with Gasteiger partial charge in [-0.1, -0.05) is 46.3 Å². The summed E-state index contributed by atoms with van der Waals surface area (Å²) in [5.74, 6) is 0.649. The minimum absolute atomic E-state index is 0.0220. The van der Waals surface area contributed by atoms with Crippen LogP contribution in [-0.2, 0) is 0 Å². The first-order valence-corrected chi connectivity index (χ1v) is 7.17. The molecule has 0 amide bonds. The third-order valence-corrected chi connectivity index (χ3v) is 4.35. The Balaban J connectivity index is 2.46. The maximum Gasteiger partial charge on any atom is 0.201 e. The predicted molar refractivity (Wildman–Crippen MR) is 85.1 cm³/mol. The van der Waals surface area contributed by atoms with Gasteiger partial charge in [0.1, 0.15) is 11.3 Å². The molecule has 0 atom stereocenters. The molecule has 1 aromatic heterocycles. The lowest BCUT2D eigenvalue weighted by atomic mass is 10.0. The quantitative estimate of drug-likeness (QED) is 0.639. The number of aryl methyl sites for hydroxylation is 2. The predicted octanol–water partition coefficient (Wildman–Crippen LogP) is 4.84. The summed E-state index contributed by atoms with van der Waals surface area (Å²) in [6, 6.07) is 13.4. The van der Waals surface area contributed by atoms with Crippen molar-refractivity contribution in [2.45, 2.75) is 13.8 Å². The Labute approximate surface area is 125 Å². The van der Waals surface area contributed by atoms with Crippen molar-refractivity contribution in [1.29, 1.82) is 0 Å². The average Bonchev–Trinajstić information content (AvgIpc) is 2.44. The van der Waals surface area contributed by atoms with Crippen molar-refractivity contribution in [3.63, 3.8) is 0 Å². The molecule has 0 radical (unpaired) electrons. The van der Waals surface area contributed by atoms with E-state index in [0.29, 0.717) is 22.3 Å². The Morgan fingerprint density at radius 1 is 1.00 bits per heavy atom. The molecule has 3 heteroatoms. The summed E-state index contributed by atoms with van der Waals surface area (Å²) >= 11 is 3.47. The topological polar surface area (TPSA) is 30.2 Å². The normalized spacial score (nSPS) is 10.9. The number of rotatable bonds is 1. The zero-order valence-corrected chi connectivity index (χ0v) is 12.8. The van der Waals surface area contributed by atoms with E-state index in [1.807, 2.05) is 56.3 Å². The zero-order chi connectivity index (χ0) is 14.3. The molecule has 3 aromatic rings. The van der Waals surface area contributed by atoms with Crippen molar-refractivity contribution < 1.29 is 4.42 Å². The number of hydrogen-bond acceptors (Lipinski definition) is 2. The van der Waals surface area contributed by atoms with Crippen LogP contribution < -0.4 is 5.43 Å². The fourth-order valence-electron chi connectivity index (χ4n) is 2.47. The summed E-state index contributed by atoms with van der Waals surface area (Å²) in [4.78, 5) is 12.8. The van der Waals surface area contributed by atoms with Crippen LogP contribution in [0.3, 0.4) is 0 Å². The Kier molecular flexibility index (Phi) is 3.22. The summed E-state index contributed by atoms with van der Waals surface area (Å²) in [6.07, 6.45) is 0. The summed E-state index contributed by atoms with van der Waals surface area (Å²) in [5, 5.41) is 0.642. The number of halogens is 1. The minimum Gasteiger partial charge on any atom is -0.460 e. The first-order valence-electron chi connectivity index (χ1n) is 6.37. The van der Waals surface area contributed by atoms with E-state index in [2.05, 4.69) is 15.9 Å². The van der Waals surface area contributed by atoms with Gasteiger partial charge in [0.15, 0.2) is 0 Å². The molecular formula is C17H13BrO2. The Bertz CT molecular complexity index is 848. The van der Waals surface area contributed by atoms with E-state index in [-0.39, 0.29) is 5.43 Å². The lowest BCUT2D eigenvalue weighted by Crippen LogP contribution is -2.09. The molecular weight excluding hydrogens is 316 g/mol. The zero-order valence-electron chi connectivity index (χ0n) is 11.2. The third-order valence-electron chi connectivity index (χ3n) is 3.49. The standard InChI is InChI=1S/C17H13BrO2/c1-10-13(18)8-9-14-15(10)17(19)16(11(2)20-14)12-6-4-3-5-7-12/h3-9H,1-2H3. The van der Waals surface area contributed by atoms with Crippen molar-refractivity contribution >= 4 is 26.9 Å². The van der Waals surface area contributed by atoms with Crippen molar-refractivity contribution in [3.8, 4) is 11.1 Å². The lowest BCUT2D eigenvalue weighted by Gasteiger charge is -2.09. The molecule has 0 aliphatic rings. The second-order valence-electron chi connectivity index (χ2n) is 4.77. The molecule has 2 nitrogen and oxygen atoms in total. The molecule has 2 aromatic carbocycles. The van der Waals surface area contributed by atoms with Gasteiger partial charge in [-0.25, -0.2) is 0 Å². The second-order valence-corrected chi connectivity index (χ2v) is 5.63. The molecule has 0 spiro atoms. The van der Waals surface area contributed by atoms with Crippen molar-refractivity contribution in [2.24, 2.45) is 0 Å². The van der Waals surface area contributed by atoms with Crippen LogP contribution in [0.2, 0.25) is 0 Å². The summed E-state index contributed by atoms with van der Waals surface area (Å²) in [6.45, 7) is 3.76. The summed E-state index contributed by atoms with van der Waals surface area (Å²) in [7, 11) is 0. The maximum absolute atomic E-state index is 12.8. The molecule has 20 heavy (non-hydrogen) atoms. The molecule has 100 valence electrons.